The third-order valence-corrected chi connectivity index (χ3v) is 7.84. The number of carbonyl (C=O) groups excluding carboxylic acids is 1. The maximum Gasteiger partial charge on any atom is 0.222 e. The first-order valence-corrected chi connectivity index (χ1v) is 10.7. The van der Waals surface area contributed by atoms with E-state index in [1.165, 1.54) is 12.8 Å². The average molecular weight is 365 g/mol. The second-order valence-electron chi connectivity index (χ2n) is 7.16. The molecule has 2 aliphatic rings. The molecule has 0 aromatic heterocycles. The van der Waals surface area contributed by atoms with E-state index in [0.717, 1.165) is 12.8 Å². The lowest BCUT2D eigenvalue weighted by atomic mass is 10.0. The van der Waals surface area contributed by atoms with Crippen molar-refractivity contribution in [2.45, 2.75) is 55.1 Å². The summed E-state index contributed by atoms with van der Waals surface area (Å²) < 4.78 is 30.7. The SMILES string of the molecule is COc1ccc(S(=O)(=O)C2CCN(C(=O)CC3CCCC3)CC2)cc1. The minimum atomic E-state index is -3.35. The molecule has 25 heavy (non-hydrogen) atoms. The van der Waals surface area contributed by atoms with Crippen LogP contribution in [0, 0.1) is 5.92 Å². The summed E-state index contributed by atoms with van der Waals surface area (Å²) in [4.78, 5) is 14.6. The van der Waals surface area contributed by atoms with Crippen molar-refractivity contribution in [1.29, 1.82) is 0 Å². The van der Waals surface area contributed by atoms with Gasteiger partial charge in [0.15, 0.2) is 9.84 Å². The molecule has 1 heterocycles. The highest BCUT2D eigenvalue weighted by Gasteiger charge is 2.33. The first-order chi connectivity index (χ1) is 12.0. The Morgan fingerprint density at radius 2 is 1.68 bits per heavy atom. The standard InChI is InChI=1S/C19H27NO4S/c1-24-16-6-8-17(9-7-16)25(22,23)18-10-12-20(13-11-18)19(21)14-15-4-2-3-5-15/h6-9,15,18H,2-5,10-14H2,1H3. The summed E-state index contributed by atoms with van der Waals surface area (Å²) in [6, 6.07) is 6.55. The molecule has 1 saturated heterocycles. The number of rotatable bonds is 5. The van der Waals surface area contributed by atoms with Gasteiger partial charge in [-0.3, -0.25) is 4.79 Å². The van der Waals surface area contributed by atoms with Gasteiger partial charge >= 0.3 is 0 Å². The highest BCUT2D eigenvalue weighted by molar-refractivity contribution is 7.92. The van der Waals surface area contributed by atoms with Crippen molar-refractivity contribution in [2.24, 2.45) is 5.92 Å². The number of methoxy groups -OCH3 is 1. The molecule has 1 saturated carbocycles. The average Bonchev–Trinajstić information content (AvgIpc) is 3.15. The van der Waals surface area contributed by atoms with Gasteiger partial charge in [0.1, 0.15) is 5.75 Å². The molecule has 2 fully saturated rings. The fourth-order valence-corrected chi connectivity index (χ4v) is 5.70. The Bertz CT molecular complexity index is 685. The van der Waals surface area contributed by atoms with Crippen LogP contribution in [-0.2, 0) is 14.6 Å². The van der Waals surface area contributed by atoms with Gasteiger partial charge in [0, 0.05) is 19.5 Å². The largest absolute Gasteiger partial charge is 0.497 e. The molecule has 138 valence electrons. The molecule has 0 atom stereocenters. The molecule has 5 nitrogen and oxygen atoms in total. The third-order valence-electron chi connectivity index (χ3n) is 5.56. The van der Waals surface area contributed by atoms with Crippen LogP contribution in [0.1, 0.15) is 44.9 Å². The zero-order valence-corrected chi connectivity index (χ0v) is 15.6. The molecule has 0 spiro atoms. The lowest BCUT2D eigenvalue weighted by Gasteiger charge is -2.32. The van der Waals surface area contributed by atoms with Crippen LogP contribution in [0.5, 0.6) is 5.75 Å². The Morgan fingerprint density at radius 3 is 2.24 bits per heavy atom. The Labute approximate surface area is 150 Å². The van der Waals surface area contributed by atoms with E-state index in [0.29, 0.717) is 48.9 Å². The van der Waals surface area contributed by atoms with Gasteiger partial charge in [0.2, 0.25) is 5.91 Å². The molecule has 0 N–H and O–H groups in total. The Balaban J connectivity index is 1.57. The number of benzene rings is 1. The van der Waals surface area contributed by atoms with E-state index in [4.69, 9.17) is 4.74 Å². The minimum Gasteiger partial charge on any atom is -0.497 e. The molecule has 0 radical (unpaired) electrons. The van der Waals surface area contributed by atoms with Gasteiger partial charge in [0.05, 0.1) is 17.3 Å². The number of carbonyl (C=O) groups is 1. The zero-order valence-electron chi connectivity index (χ0n) is 14.8. The van der Waals surface area contributed by atoms with Crippen LogP contribution in [0.3, 0.4) is 0 Å². The second kappa shape index (κ2) is 7.77. The van der Waals surface area contributed by atoms with E-state index in [-0.39, 0.29) is 5.91 Å². The van der Waals surface area contributed by atoms with E-state index < -0.39 is 15.1 Å². The summed E-state index contributed by atoms with van der Waals surface area (Å²) in [6.45, 7) is 1.09. The maximum absolute atomic E-state index is 12.8. The third kappa shape index (κ3) is 4.17. The van der Waals surface area contributed by atoms with Crippen molar-refractivity contribution in [3.8, 4) is 5.75 Å². The van der Waals surface area contributed by atoms with Gasteiger partial charge in [0.25, 0.3) is 0 Å². The molecule has 3 rings (SSSR count). The van der Waals surface area contributed by atoms with E-state index in [9.17, 15) is 13.2 Å². The number of nitrogens with zero attached hydrogens (tertiary/aromatic N) is 1. The van der Waals surface area contributed by atoms with Gasteiger partial charge < -0.3 is 9.64 Å². The Morgan fingerprint density at radius 1 is 1.08 bits per heavy atom. The van der Waals surface area contributed by atoms with Crippen molar-refractivity contribution in [2.75, 3.05) is 20.2 Å². The number of hydrogen-bond acceptors (Lipinski definition) is 4. The lowest BCUT2D eigenvalue weighted by Crippen LogP contribution is -2.42. The maximum atomic E-state index is 12.8. The summed E-state index contributed by atoms with van der Waals surface area (Å²) in [5, 5.41) is -0.406. The van der Waals surface area contributed by atoms with Crippen molar-refractivity contribution in [3.05, 3.63) is 24.3 Å². The van der Waals surface area contributed by atoms with E-state index in [1.807, 2.05) is 4.90 Å². The van der Waals surface area contributed by atoms with Gasteiger partial charge in [-0.25, -0.2) is 8.42 Å². The number of ether oxygens (including phenoxy) is 1. The summed E-state index contributed by atoms with van der Waals surface area (Å²) in [7, 11) is -1.79. The number of amides is 1. The molecule has 1 aromatic carbocycles. The van der Waals surface area contributed by atoms with Crippen LogP contribution < -0.4 is 4.74 Å². The van der Waals surface area contributed by atoms with Crippen LogP contribution in [0.2, 0.25) is 0 Å². The zero-order chi connectivity index (χ0) is 17.9. The van der Waals surface area contributed by atoms with Crippen LogP contribution >= 0.6 is 0 Å². The van der Waals surface area contributed by atoms with Crippen LogP contribution in [0.4, 0.5) is 0 Å². The first kappa shape index (κ1) is 18.2. The predicted octanol–water partition coefficient (Wildman–Crippen LogP) is 3.04. The highest BCUT2D eigenvalue weighted by atomic mass is 32.2. The van der Waals surface area contributed by atoms with Gasteiger partial charge in [-0.1, -0.05) is 12.8 Å². The number of sulfone groups is 1. The van der Waals surface area contributed by atoms with Gasteiger partial charge in [-0.15, -0.1) is 0 Å². The Kier molecular flexibility index (Phi) is 5.67. The van der Waals surface area contributed by atoms with E-state index in [2.05, 4.69) is 0 Å². The molecule has 1 aromatic rings. The van der Waals surface area contributed by atoms with Gasteiger partial charge in [-0.2, -0.15) is 0 Å². The van der Waals surface area contributed by atoms with Crippen molar-refractivity contribution < 1.29 is 17.9 Å². The van der Waals surface area contributed by atoms with Gasteiger partial charge in [-0.05, 0) is 55.9 Å². The Hall–Kier alpha value is -1.56. The lowest BCUT2D eigenvalue weighted by molar-refractivity contribution is -0.133. The topological polar surface area (TPSA) is 63.7 Å². The predicted molar refractivity (Wildman–Crippen MR) is 96.4 cm³/mol. The summed E-state index contributed by atoms with van der Waals surface area (Å²) in [6.07, 6.45) is 6.47. The number of hydrogen-bond donors (Lipinski definition) is 0. The smallest absolute Gasteiger partial charge is 0.222 e. The summed E-state index contributed by atoms with van der Waals surface area (Å²) >= 11 is 0. The quantitative estimate of drug-likeness (QED) is 0.804. The van der Waals surface area contributed by atoms with E-state index >= 15 is 0 Å². The number of piperidine rings is 1. The van der Waals surface area contributed by atoms with Crippen LogP contribution in [0.15, 0.2) is 29.2 Å². The van der Waals surface area contributed by atoms with Crippen molar-refractivity contribution >= 4 is 15.7 Å². The molecule has 6 heteroatoms. The fourth-order valence-electron chi connectivity index (χ4n) is 3.96. The molecular formula is C19H27NO4S. The monoisotopic (exact) mass is 365 g/mol. The fraction of sp³-hybridized carbons (Fsp3) is 0.632. The highest BCUT2D eigenvalue weighted by Crippen LogP contribution is 2.30. The molecule has 0 unspecified atom stereocenters. The molecule has 1 aliphatic carbocycles. The van der Waals surface area contributed by atoms with E-state index in [1.54, 1.807) is 31.4 Å². The van der Waals surface area contributed by atoms with Crippen molar-refractivity contribution in [1.82, 2.24) is 4.90 Å². The molecule has 1 aliphatic heterocycles. The van der Waals surface area contributed by atoms with Crippen LogP contribution in [-0.4, -0.2) is 44.7 Å². The summed E-state index contributed by atoms with van der Waals surface area (Å²) in [5.41, 5.74) is 0. The normalized spacial score (nSPS) is 20.0. The van der Waals surface area contributed by atoms with Crippen LogP contribution in [0.25, 0.3) is 0 Å². The number of likely N-dealkylation sites (tertiary alicyclic amines) is 1. The molecular weight excluding hydrogens is 338 g/mol. The summed E-state index contributed by atoms with van der Waals surface area (Å²) in [5.74, 6) is 1.38. The second-order valence-corrected chi connectivity index (χ2v) is 9.38. The molecule has 0 bridgehead atoms. The molecule has 1 amide bonds. The van der Waals surface area contributed by atoms with Crippen molar-refractivity contribution in [3.63, 3.8) is 0 Å². The first-order valence-electron chi connectivity index (χ1n) is 9.16. The minimum absolute atomic E-state index is 0.201.